The van der Waals surface area contributed by atoms with Gasteiger partial charge in [0.25, 0.3) is 17.6 Å². The summed E-state index contributed by atoms with van der Waals surface area (Å²) < 4.78 is 28.9. The van der Waals surface area contributed by atoms with Crippen molar-refractivity contribution in [3.63, 3.8) is 0 Å². The molecule has 2 unspecified atom stereocenters. The molecule has 3 amide bonds. The second-order valence-corrected chi connectivity index (χ2v) is 12.4. The Kier molecular flexibility index (Phi) is 6.54. The van der Waals surface area contributed by atoms with E-state index in [9.17, 15) is 28.0 Å². The maximum Gasteiger partial charge on any atom is 0.293 e. The van der Waals surface area contributed by atoms with E-state index in [1.54, 1.807) is 4.57 Å². The molecule has 1 aliphatic heterocycles. The fourth-order valence-electron chi connectivity index (χ4n) is 4.91. The lowest BCUT2D eigenvalue weighted by Crippen LogP contribution is -2.68. The summed E-state index contributed by atoms with van der Waals surface area (Å²) in [5.41, 5.74) is 5.09. The molecule has 0 saturated heterocycles. The van der Waals surface area contributed by atoms with Crippen LogP contribution >= 0.6 is 30.1 Å². The van der Waals surface area contributed by atoms with Gasteiger partial charge < -0.3 is 20.9 Å². The van der Waals surface area contributed by atoms with Crippen LogP contribution in [0.3, 0.4) is 0 Å². The Balaban J connectivity index is 1.63. The summed E-state index contributed by atoms with van der Waals surface area (Å²) in [4.78, 5) is 50.9. The smallest absolute Gasteiger partial charge is 0.293 e. The van der Waals surface area contributed by atoms with Crippen molar-refractivity contribution in [2.24, 2.45) is 5.73 Å². The average Bonchev–Trinajstić information content (AvgIpc) is 3.29. The van der Waals surface area contributed by atoms with Crippen molar-refractivity contribution in [3.8, 4) is 0 Å². The van der Waals surface area contributed by atoms with Gasteiger partial charge in [-0.1, -0.05) is 11.6 Å². The van der Waals surface area contributed by atoms with E-state index in [1.807, 2.05) is 0 Å². The summed E-state index contributed by atoms with van der Waals surface area (Å²) in [6.07, 6.45) is 1.57. The first kappa shape index (κ1) is 25.7. The fourth-order valence-corrected chi connectivity index (χ4v) is 6.52. The number of carbonyl (C=O) groups excluding carboxylic acids is 4. The number of nitrogens with one attached hydrogen (secondary N) is 2. The van der Waals surface area contributed by atoms with Gasteiger partial charge in [-0.2, -0.15) is 0 Å². The second-order valence-electron chi connectivity index (χ2n) is 9.07. The number of nitrogens with zero attached hydrogens (tertiary/aromatic N) is 1. The van der Waals surface area contributed by atoms with Gasteiger partial charge in [-0.05, 0) is 44.2 Å². The molecule has 1 aliphatic carbocycles. The number of primary amides is 1. The van der Waals surface area contributed by atoms with Crippen molar-refractivity contribution < 1.29 is 28.0 Å². The summed E-state index contributed by atoms with van der Waals surface area (Å²) in [5, 5.41) is 4.48. The zero-order valence-electron chi connectivity index (χ0n) is 18.6. The first-order valence-electron chi connectivity index (χ1n) is 10.7. The third kappa shape index (κ3) is 4.48. The van der Waals surface area contributed by atoms with E-state index in [0.29, 0.717) is 25.1 Å². The van der Waals surface area contributed by atoms with Gasteiger partial charge in [0.1, 0.15) is 11.2 Å². The van der Waals surface area contributed by atoms with E-state index in [-0.39, 0.29) is 40.2 Å². The van der Waals surface area contributed by atoms with E-state index in [4.69, 9.17) is 17.3 Å². The average molecular weight is 543 g/mol. The van der Waals surface area contributed by atoms with Crippen LogP contribution in [0.5, 0.6) is 0 Å². The van der Waals surface area contributed by atoms with Crippen LogP contribution in [-0.2, 0) is 22.6 Å². The Morgan fingerprint density at radius 3 is 2.40 bits per heavy atom. The van der Waals surface area contributed by atoms with Crippen molar-refractivity contribution in [1.82, 2.24) is 9.88 Å². The molecule has 1 fully saturated rings. The zero-order valence-corrected chi connectivity index (χ0v) is 21.7. The number of carbonyl (C=O) groups is 4. The second kappa shape index (κ2) is 8.91. The van der Waals surface area contributed by atoms with E-state index in [1.165, 1.54) is 6.92 Å². The molecule has 1 saturated carbocycles. The normalized spacial score (nSPS) is 17.3. The van der Waals surface area contributed by atoms with Crippen LogP contribution in [0.2, 0.25) is 5.02 Å². The Morgan fingerprint density at radius 2 is 1.83 bits per heavy atom. The van der Waals surface area contributed by atoms with Crippen molar-refractivity contribution in [1.29, 1.82) is 0 Å². The highest BCUT2D eigenvalue weighted by Gasteiger charge is 2.55. The van der Waals surface area contributed by atoms with Gasteiger partial charge in [-0.3, -0.25) is 19.2 Å². The predicted molar refractivity (Wildman–Crippen MR) is 133 cm³/mol. The van der Waals surface area contributed by atoms with E-state index in [2.05, 4.69) is 29.1 Å². The number of halogens is 3. The molecule has 4 rings (SSSR count). The molecule has 2 aromatic rings. The standard InChI is InChI=1S/C22H23ClF2N4O4P2/c1-9-14(17(30)19(32)28-21(20(26)33)7-22(34,35)8-21)13-3-2-4-29(13)16(9)18(31)27-10-5-11(23)15(25)12(24)6-10/h5-6H,2-4,7-8,34-35H2,1H3,(H2,26,33)(H,27,31)(H,28,32). The van der Waals surface area contributed by atoms with Crippen LogP contribution in [-0.4, -0.2) is 38.5 Å². The van der Waals surface area contributed by atoms with Gasteiger partial charge >= 0.3 is 0 Å². The number of Topliss-reactive ketones (excluding diaryl/α,β-unsaturated/α-hetero) is 1. The lowest BCUT2D eigenvalue weighted by atomic mass is 9.74. The van der Waals surface area contributed by atoms with Crippen molar-refractivity contribution in [3.05, 3.63) is 51.3 Å². The fraction of sp³-hybridized carbons (Fsp3) is 0.364. The minimum atomic E-state index is -1.33. The molecule has 0 bridgehead atoms. The SMILES string of the molecule is Cc1c(C(=O)C(=O)NC2(C(N)=O)CC(P)(P)C2)c2n(c1C(=O)Nc1cc(F)c(F)c(Cl)c1)CCC2. The van der Waals surface area contributed by atoms with Crippen LogP contribution in [0.15, 0.2) is 12.1 Å². The number of rotatable bonds is 6. The summed E-state index contributed by atoms with van der Waals surface area (Å²) >= 11 is 5.67. The highest BCUT2D eigenvalue weighted by atomic mass is 35.5. The molecule has 2 aliphatic rings. The molecule has 13 heteroatoms. The van der Waals surface area contributed by atoms with Gasteiger partial charge in [-0.25, -0.2) is 8.78 Å². The predicted octanol–water partition coefficient (Wildman–Crippen LogP) is 2.69. The third-order valence-electron chi connectivity index (χ3n) is 6.39. The molecule has 1 aromatic heterocycles. The lowest BCUT2D eigenvalue weighted by molar-refractivity contribution is -0.133. The van der Waals surface area contributed by atoms with Gasteiger partial charge in [-0.15, -0.1) is 18.5 Å². The van der Waals surface area contributed by atoms with Crippen molar-refractivity contribution >= 4 is 59.3 Å². The Hall–Kier alpha value is -2.41. The van der Waals surface area contributed by atoms with Crippen LogP contribution in [0.1, 0.15) is 51.4 Å². The van der Waals surface area contributed by atoms with Gasteiger partial charge in [0, 0.05) is 28.9 Å². The molecule has 2 atom stereocenters. The third-order valence-corrected chi connectivity index (χ3v) is 7.48. The topological polar surface area (TPSA) is 123 Å². The number of hydrogen-bond donors (Lipinski definition) is 3. The molecule has 4 N–H and O–H groups in total. The Labute approximate surface area is 209 Å². The lowest BCUT2D eigenvalue weighted by Gasteiger charge is -2.50. The number of anilines is 1. The van der Waals surface area contributed by atoms with Crippen molar-refractivity contribution in [2.75, 3.05) is 5.32 Å². The summed E-state index contributed by atoms with van der Waals surface area (Å²) in [5.74, 6) is -5.73. The van der Waals surface area contributed by atoms with Gasteiger partial charge in [0.2, 0.25) is 5.91 Å². The van der Waals surface area contributed by atoms with E-state index >= 15 is 0 Å². The monoisotopic (exact) mass is 542 g/mol. The first-order chi connectivity index (χ1) is 16.3. The molecule has 35 heavy (non-hydrogen) atoms. The molecule has 0 spiro atoms. The van der Waals surface area contributed by atoms with Gasteiger partial charge in [0.05, 0.1) is 10.6 Å². The molecule has 0 radical (unpaired) electrons. The summed E-state index contributed by atoms with van der Waals surface area (Å²) in [6, 6.07) is 1.86. The molecular weight excluding hydrogens is 520 g/mol. The zero-order chi connectivity index (χ0) is 25.9. The van der Waals surface area contributed by atoms with Gasteiger partial charge in [0.15, 0.2) is 11.6 Å². The number of hydrogen-bond acceptors (Lipinski definition) is 4. The van der Waals surface area contributed by atoms with Crippen LogP contribution in [0, 0.1) is 18.6 Å². The summed E-state index contributed by atoms with van der Waals surface area (Å²) in [6.45, 7) is 1.96. The number of aromatic nitrogens is 1. The largest absolute Gasteiger partial charge is 0.368 e. The number of fused-ring (bicyclic) bond motifs is 1. The molecule has 186 valence electrons. The first-order valence-corrected chi connectivity index (χ1v) is 12.2. The highest BCUT2D eigenvalue weighted by Crippen LogP contribution is 2.52. The number of nitrogens with two attached hydrogens (primary N) is 1. The maximum absolute atomic E-state index is 13.7. The minimum absolute atomic E-state index is 0.0656. The molecule has 2 heterocycles. The Bertz CT molecular complexity index is 1280. The molecular formula is C22H23ClF2N4O4P2. The van der Waals surface area contributed by atoms with E-state index in [0.717, 1.165) is 12.1 Å². The number of amides is 3. The van der Waals surface area contributed by atoms with Crippen LogP contribution < -0.4 is 16.4 Å². The molecule has 1 aromatic carbocycles. The maximum atomic E-state index is 13.7. The number of benzene rings is 1. The Morgan fingerprint density at radius 1 is 1.17 bits per heavy atom. The number of ketones is 1. The van der Waals surface area contributed by atoms with Crippen molar-refractivity contribution in [2.45, 2.75) is 49.6 Å². The van der Waals surface area contributed by atoms with Crippen LogP contribution in [0.25, 0.3) is 0 Å². The quantitative estimate of drug-likeness (QED) is 0.225. The van der Waals surface area contributed by atoms with E-state index < -0.39 is 45.7 Å². The summed E-state index contributed by atoms with van der Waals surface area (Å²) in [7, 11) is 5.13. The van der Waals surface area contributed by atoms with Crippen LogP contribution in [0.4, 0.5) is 14.5 Å². The highest BCUT2D eigenvalue weighted by molar-refractivity contribution is 7.40. The molecule has 8 nitrogen and oxygen atoms in total. The minimum Gasteiger partial charge on any atom is -0.368 e.